The van der Waals surface area contributed by atoms with E-state index in [0.29, 0.717) is 16.9 Å². The second kappa shape index (κ2) is 8.75. The number of carbonyl (C=O) groups is 3. The van der Waals surface area contributed by atoms with Crippen LogP contribution in [-0.4, -0.2) is 52.2 Å². The number of rotatable bonds is 7. The van der Waals surface area contributed by atoms with Crippen LogP contribution in [0.5, 0.6) is 0 Å². The molecule has 0 radical (unpaired) electrons. The van der Waals surface area contributed by atoms with E-state index >= 15 is 0 Å². The second-order valence-electron chi connectivity index (χ2n) is 4.34. The van der Waals surface area contributed by atoms with E-state index in [9.17, 15) is 14.4 Å². The van der Waals surface area contributed by atoms with Gasteiger partial charge in [-0.3, -0.25) is 14.4 Å². The Balaban J connectivity index is 3.02. The molecule has 3 N–H and O–H groups in total. The van der Waals surface area contributed by atoms with E-state index in [1.807, 2.05) is 0 Å². The number of hydrogen-bond acceptors (Lipinski definition) is 5. The summed E-state index contributed by atoms with van der Waals surface area (Å²) >= 11 is 0. The van der Waals surface area contributed by atoms with Gasteiger partial charge in [0.2, 0.25) is 11.8 Å². The molecule has 0 bridgehead atoms. The van der Waals surface area contributed by atoms with E-state index in [1.165, 1.54) is 39.5 Å². The SMILES string of the molecule is CNC(=O)c1cc(NC(=O)COC)cc(NC(=O)COC)c1. The molecule has 0 fully saturated rings. The van der Waals surface area contributed by atoms with Crippen molar-refractivity contribution in [1.82, 2.24) is 5.32 Å². The Morgan fingerprint density at radius 1 is 0.909 bits per heavy atom. The van der Waals surface area contributed by atoms with E-state index < -0.39 is 0 Å². The molecule has 0 saturated heterocycles. The van der Waals surface area contributed by atoms with Gasteiger partial charge in [-0.25, -0.2) is 0 Å². The lowest BCUT2D eigenvalue weighted by atomic mass is 10.1. The predicted molar refractivity (Wildman–Crippen MR) is 80.8 cm³/mol. The van der Waals surface area contributed by atoms with Crippen molar-refractivity contribution in [2.24, 2.45) is 0 Å². The number of anilines is 2. The first kappa shape index (κ1) is 17.6. The van der Waals surface area contributed by atoms with Crippen LogP contribution in [0.1, 0.15) is 10.4 Å². The average Bonchev–Trinajstić information content (AvgIpc) is 2.46. The van der Waals surface area contributed by atoms with Gasteiger partial charge in [-0.1, -0.05) is 0 Å². The molecule has 8 heteroatoms. The number of benzene rings is 1. The van der Waals surface area contributed by atoms with Crippen molar-refractivity contribution in [1.29, 1.82) is 0 Å². The highest BCUT2D eigenvalue weighted by atomic mass is 16.5. The molecule has 0 saturated carbocycles. The minimum Gasteiger partial charge on any atom is -0.375 e. The van der Waals surface area contributed by atoms with Crippen molar-refractivity contribution in [3.8, 4) is 0 Å². The summed E-state index contributed by atoms with van der Waals surface area (Å²) in [6.45, 7) is -0.231. The number of methoxy groups -OCH3 is 2. The summed E-state index contributed by atoms with van der Waals surface area (Å²) < 4.78 is 9.45. The lowest BCUT2D eigenvalue weighted by Crippen LogP contribution is -2.22. The standard InChI is InChI=1S/C14H19N3O5/c1-15-14(20)9-4-10(16-12(18)7-21-2)6-11(5-9)17-13(19)8-22-3/h4-6H,7-8H2,1-3H3,(H,15,20)(H,16,18)(H,17,19). The van der Waals surface area contributed by atoms with Crippen LogP contribution >= 0.6 is 0 Å². The Hall–Kier alpha value is -2.45. The van der Waals surface area contributed by atoms with Crippen molar-refractivity contribution in [3.05, 3.63) is 23.8 Å². The van der Waals surface area contributed by atoms with Gasteiger partial charge in [0.15, 0.2) is 0 Å². The number of carbonyl (C=O) groups excluding carboxylic acids is 3. The fraction of sp³-hybridized carbons (Fsp3) is 0.357. The van der Waals surface area contributed by atoms with Crippen molar-refractivity contribution >= 4 is 29.1 Å². The first-order valence-electron chi connectivity index (χ1n) is 6.45. The Morgan fingerprint density at radius 2 is 1.36 bits per heavy atom. The van der Waals surface area contributed by atoms with Gasteiger partial charge in [-0.2, -0.15) is 0 Å². The average molecular weight is 309 g/mol. The molecule has 0 atom stereocenters. The summed E-state index contributed by atoms with van der Waals surface area (Å²) in [5.41, 5.74) is 1.04. The number of amides is 3. The largest absolute Gasteiger partial charge is 0.375 e. The fourth-order valence-corrected chi connectivity index (χ4v) is 1.70. The third-order valence-corrected chi connectivity index (χ3v) is 2.54. The smallest absolute Gasteiger partial charge is 0.251 e. The van der Waals surface area contributed by atoms with Crippen LogP contribution < -0.4 is 16.0 Å². The number of hydrogen-bond donors (Lipinski definition) is 3. The first-order chi connectivity index (χ1) is 10.5. The van der Waals surface area contributed by atoms with Crippen molar-refractivity contribution < 1.29 is 23.9 Å². The predicted octanol–water partition coefficient (Wildman–Crippen LogP) is 0.216. The van der Waals surface area contributed by atoms with Crippen molar-refractivity contribution in [3.63, 3.8) is 0 Å². The quantitative estimate of drug-likeness (QED) is 0.668. The van der Waals surface area contributed by atoms with Crippen molar-refractivity contribution in [2.75, 3.05) is 45.1 Å². The van der Waals surface area contributed by atoms with Crippen LogP contribution in [0.4, 0.5) is 11.4 Å². The van der Waals surface area contributed by atoms with Crippen LogP contribution in [0.25, 0.3) is 0 Å². The monoisotopic (exact) mass is 309 g/mol. The highest BCUT2D eigenvalue weighted by molar-refractivity contribution is 6.00. The van der Waals surface area contributed by atoms with Crippen LogP contribution in [0.15, 0.2) is 18.2 Å². The number of ether oxygens (including phenoxy) is 2. The normalized spacial score (nSPS) is 9.95. The molecule has 0 aliphatic carbocycles. The summed E-state index contributed by atoms with van der Waals surface area (Å²) in [4.78, 5) is 34.9. The zero-order chi connectivity index (χ0) is 16.5. The Morgan fingerprint density at radius 3 is 1.73 bits per heavy atom. The second-order valence-corrected chi connectivity index (χ2v) is 4.34. The van der Waals surface area contributed by atoms with Gasteiger partial charge in [-0.15, -0.1) is 0 Å². The van der Waals surface area contributed by atoms with E-state index in [0.717, 1.165) is 0 Å². The van der Waals surface area contributed by atoms with E-state index in [4.69, 9.17) is 9.47 Å². The van der Waals surface area contributed by atoms with E-state index in [2.05, 4.69) is 16.0 Å². The molecule has 1 rings (SSSR count). The van der Waals surface area contributed by atoms with Gasteiger partial charge < -0.3 is 25.4 Å². The molecule has 1 aromatic rings. The molecule has 1 aromatic carbocycles. The van der Waals surface area contributed by atoms with Gasteiger partial charge >= 0.3 is 0 Å². The maximum atomic E-state index is 11.8. The molecular weight excluding hydrogens is 290 g/mol. The van der Waals surface area contributed by atoms with Crippen LogP contribution in [-0.2, 0) is 19.1 Å². The highest BCUT2D eigenvalue weighted by Gasteiger charge is 2.11. The Labute approximate surface area is 128 Å². The molecular formula is C14H19N3O5. The summed E-state index contributed by atoms with van der Waals surface area (Å²) in [5, 5.41) is 7.64. The summed E-state index contributed by atoms with van der Waals surface area (Å²) in [6, 6.07) is 4.53. The molecule has 0 unspecified atom stereocenters. The maximum absolute atomic E-state index is 11.8. The lowest BCUT2D eigenvalue weighted by molar-refractivity contribution is -0.120. The number of nitrogens with one attached hydrogen (secondary N) is 3. The molecule has 0 heterocycles. The van der Waals surface area contributed by atoms with Crippen LogP contribution in [0.3, 0.4) is 0 Å². The van der Waals surface area contributed by atoms with E-state index in [-0.39, 0.29) is 30.9 Å². The summed E-state index contributed by atoms with van der Waals surface area (Å²) in [5.74, 6) is -1.08. The van der Waals surface area contributed by atoms with Gasteiger partial charge in [-0.05, 0) is 18.2 Å². The summed E-state index contributed by atoms with van der Waals surface area (Å²) in [6.07, 6.45) is 0. The topological polar surface area (TPSA) is 106 Å². The van der Waals surface area contributed by atoms with Crippen LogP contribution in [0.2, 0.25) is 0 Å². The molecule has 8 nitrogen and oxygen atoms in total. The van der Waals surface area contributed by atoms with Crippen LogP contribution in [0, 0.1) is 0 Å². The third kappa shape index (κ3) is 5.51. The Kier molecular flexibility index (Phi) is 7.00. The molecule has 120 valence electrons. The molecule has 0 aliphatic heterocycles. The van der Waals surface area contributed by atoms with E-state index in [1.54, 1.807) is 0 Å². The molecule has 0 aliphatic rings. The van der Waals surface area contributed by atoms with Gasteiger partial charge in [0.25, 0.3) is 5.91 Å². The molecule has 3 amide bonds. The van der Waals surface area contributed by atoms with Gasteiger partial charge in [0.1, 0.15) is 13.2 Å². The highest BCUT2D eigenvalue weighted by Crippen LogP contribution is 2.19. The first-order valence-corrected chi connectivity index (χ1v) is 6.45. The fourth-order valence-electron chi connectivity index (χ4n) is 1.70. The van der Waals surface area contributed by atoms with Crippen molar-refractivity contribution in [2.45, 2.75) is 0 Å². The minimum absolute atomic E-state index is 0.116. The molecule has 0 aromatic heterocycles. The molecule has 0 spiro atoms. The maximum Gasteiger partial charge on any atom is 0.251 e. The Bertz CT molecular complexity index is 521. The minimum atomic E-state index is -0.370. The lowest BCUT2D eigenvalue weighted by Gasteiger charge is -2.11. The third-order valence-electron chi connectivity index (χ3n) is 2.54. The zero-order valence-corrected chi connectivity index (χ0v) is 12.7. The summed E-state index contributed by atoms with van der Waals surface area (Å²) in [7, 11) is 4.29. The molecule has 22 heavy (non-hydrogen) atoms. The van der Waals surface area contributed by atoms with Gasteiger partial charge in [0.05, 0.1) is 0 Å². The van der Waals surface area contributed by atoms with Gasteiger partial charge in [0, 0.05) is 38.2 Å². The zero-order valence-electron chi connectivity index (χ0n) is 12.7.